The SMILES string of the molecule is FC(F)(F)c1ccccc1C1(F)CC2CCC(C1)N2. The molecule has 0 aliphatic carbocycles. The van der Waals surface area contributed by atoms with E-state index in [4.69, 9.17) is 0 Å². The Bertz CT molecular complexity index is 471. The van der Waals surface area contributed by atoms with Crippen molar-refractivity contribution in [3.8, 4) is 0 Å². The van der Waals surface area contributed by atoms with Gasteiger partial charge in [-0.1, -0.05) is 18.2 Å². The first-order valence-electron chi connectivity index (χ1n) is 6.50. The molecule has 0 amide bonds. The second-order valence-electron chi connectivity index (χ2n) is 5.55. The maximum absolute atomic E-state index is 15.1. The van der Waals surface area contributed by atoms with E-state index in [9.17, 15) is 13.2 Å². The molecular weight excluding hydrogens is 258 g/mol. The number of halogens is 4. The molecule has 2 aliphatic heterocycles. The van der Waals surface area contributed by atoms with Crippen molar-refractivity contribution in [1.29, 1.82) is 0 Å². The van der Waals surface area contributed by atoms with E-state index in [1.54, 1.807) is 0 Å². The number of piperidine rings is 1. The maximum atomic E-state index is 15.1. The van der Waals surface area contributed by atoms with E-state index < -0.39 is 17.4 Å². The van der Waals surface area contributed by atoms with Crippen LogP contribution in [0.5, 0.6) is 0 Å². The lowest BCUT2D eigenvalue weighted by Gasteiger charge is -2.36. The average Bonchev–Trinajstić information content (AvgIpc) is 2.68. The van der Waals surface area contributed by atoms with Crippen LogP contribution in [0, 0.1) is 0 Å². The van der Waals surface area contributed by atoms with Gasteiger partial charge >= 0.3 is 6.18 Å². The molecule has 1 aromatic carbocycles. The summed E-state index contributed by atoms with van der Waals surface area (Å²) in [6.07, 6.45) is -2.53. The molecule has 5 heteroatoms. The van der Waals surface area contributed by atoms with Gasteiger partial charge in [0.15, 0.2) is 0 Å². The molecule has 2 aliphatic rings. The molecule has 2 fully saturated rings. The van der Waals surface area contributed by atoms with Gasteiger partial charge in [-0.15, -0.1) is 0 Å². The van der Waals surface area contributed by atoms with E-state index in [-0.39, 0.29) is 30.5 Å². The van der Waals surface area contributed by atoms with Crippen molar-refractivity contribution in [2.75, 3.05) is 0 Å². The zero-order valence-corrected chi connectivity index (χ0v) is 10.3. The normalized spacial score (nSPS) is 34.5. The van der Waals surface area contributed by atoms with Crippen LogP contribution in [0.1, 0.15) is 36.8 Å². The molecule has 2 heterocycles. The van der Waals surface area contributed by atoms with Crippen molar-refractivity contribution < 1.29 is 17.6 Å². The highest BCUT2D eigenvalue weighted by atomic mass is 19.4. The van der Waals surface area contributed by atoms with Gasteiger partial charge in [0.2, 0.25) is 0 Å². The monoisotopic (exact) mass is 273 g/mol. The minimum Gasteiger partial charge on any atom is -0.311 e. The first kappa shape index (κ1) is 12.9. The van der Waals surface area contributed by atoms with Crippen molar-refractivity contribution in [2.24, 2.45) is 0 Å². The fourth-order valence-corrected chi connectivity index (χ4v) is 3.43. The number of fused-ring (bicyclic) bond motifs is 2. The van der Waals surface area contributed by atoms with Crippen LogP contribution in [0.3, 0.4) is 0 Å². The molecule has 2 atom stereocenters. The van der Waals surface area contributed by atoms with Crippen LogP contribution < -0.4 is 5.32 Å². The predicted molar refractivity (Wildman–Crippen MR) is 63.4 cm³/mol. The van der Waals surface area contributed by atoms with Gasteiger partial charge in [-0.25, -0.2) is 4.39 Å². The molecule has 2 bridgehead atoms. The van der Waals surface area contributed by atoms with Crippen molar-refractivity contribution in [3.05, 3.63) is 35.4 Å². The molecular formula is C14H15F4N. The van der Waals surface area contributed by atoms with Gasteiger partial charge in [-0.2, -0.15) is 13.2 Å². The number of rotatable bonds is 1. The quantitative estimate of drug-likeness (QED) is 0.768. The fraction of sp³-hybridized carbons (Fsp3) is 0.571. The third kappa shape index (κ3) is 2.24. The zero-order valence-electron chi connectivity index (χ0n) is 10.3. The second-order valence-corrected chi connectivity index (χ2v) is 5.55. The van der Waals surface area contributed by atoms with Crippen molar-refractivity contribution in [1.82, 2.24) is 5.32 Å². The number of hydrogen-bond acceptors (Lipinski definition) is 1. The van der Waals surface area contributed by atoms with Gasteiger partial charge in [0.1, 0.15) is 5.67 Å². The maximum Gasteiger partial charge on any atom is 0.416 e. The Balaban J connectivity index is 2.02. The van der Waals surface area contributed by atoms with Gasteiger partial charge in [0.05, 0.1) is 5.56 Å². The van der Waals surface area contributed by atoms with E-state index in [0.717, 1.165) is 18.9 Å². The molecule has 2 unspecified atom stereocenters. The predicted octanol–water partition coefficient (Wildman–Crippen LogP) is 3.78. The molecule has 1 nitrogen and oxygen atoms in total. The third-order valence-corrected chi connectivity index (χ3v) is 4.19. The Morgan fingerprint density at radius 2 is 1.63 bits per heavy atom. The number of nitrogens with one attached hydrogen (secondary N) is 1. The molecule has 1 N–H and O–H groups in total. The number of alkyl halides is 4. The topological polar surface area (TPSA) is 12.0 Å². The molecule has 3 rings (SSSR count). The molecule has 0 spiro atoms. The van der Waals surface area contributed by atoms with Gasteiger partial charge < -0.3 is 5.32 Å². The summed E-state index contributed by atoms with van der Waals surface area (Å²) in [6, 6.07) is 5.06. The van der Waals surface area contributed by atoms with Gasteiger partial charge in [-0.3, -0.25) is 0 Å². The lowest BCUT2D eigenvalue weighted by Crippen LogP contribution is -2.45. The van der Waals surface area contributed by atoms with Crippen LogP contribution in [-0.4, -0.2) is 12.1 Å². The van der Waals surface area contributed by atoms with E-state index in [0.29, 0.717) is 0 Å². The summed E-state index contributed by atoms with van der Waals surface area (Å²) < 4.78 is 54.1. The van der Waals surface area contributed by atoms with Crippen molar-refractivity contribution in [2.45, 2.75) is 49.6 Å². The standard InChI is InChI=1S/C14H15F4N/c15-13(7-9-5-6-10(8-13)19-9)11-3-1-2-4-12(11)14(16,17)18/h1-4,9-10,19H,5-8H2. The highest BCUT2D eigenvalue weighted by molar-refractivity contribution is 5.36. The summed E-state index contributed by atoms with van der Waals surface area (Å²) in [5, 5.41) is 3.25. The summed E-state index contributed by atoms with van der Waals surface area (Å²) in [5.41, 5.74) is -2.89. The molecule has 104 valence electrons. The summed E-state index contributed by atoms with van der Waals surface area (Å²) in [7, 11) is 0. The Morgan fingerprint density at radius 1 is 1.05 bits per heavy atom. The molecule has 0 saturated carbocycles. The van der Waals surface area contributed by atoms with Crippen LogP contribution in [0.15, 0.2) is 24.3 Å². The molecule has 1 aromatic rings. The molecule has 0 radical (unpaired) electrons. The zero-order chi connectivity index (χ0) is 13.7. The largest absolute Gasteiger partial charge is 0.416 e. The van der Waals surface area contributed by atoms with E-state index in [2.05, 4.69) is 5.32 Å². The van der Waals surface area contributed by atoms with Gasteiger partial charge in [0.25, 0.3) is 0 Å². The Hall–Kier alpha value is -1.10. The van der Waals surface area contributed by atoms with Crippen LogP contribution >= 0.6 is 0 Å². The van der Waals surface area contributed by atoms with Crippen molar-refractivity contribution >= 4 is 0 Å². The Morgan fingerprint density at radius 3 is 2.21 bits per heavy atom. The Labute approximate surface area is 109 Å². The minimum atomic E-state index is -4.50. The summed E-state index contributed by atoms with van der Waals surface area (Å²) >= 11 is 0. The third-order valence-electron chi connectivity index (χ3n) is 4.19. The highest BCUT2D eigenvalue weighted by Crippen LogP contribution is 2.47. The number of hydrogen-bond donors (Lipinski definition) is 1. The van der Waals surface area contributed by atoms with Crippen LogP contribution in [0.25, 0.3) is 0 Å². The average molecular weight is 273 g/mol. The summed E-state index contributed by atoms with van der Waals surface area (Å²) in [5.74, 6) is 0. The number of benzene rings is 1. The summed E-state index contributed by atoms with van der Waals surface area (Å²) in [4.78, 5) is 0. The highest BCUT2D eigenvalue weighted by Gasteiger charge is 2.48. The summed E-state index contributed by atoms with van der Waals surface area (Å²) in [6.45, 7) is 0. The lowest BCUT2D eigenvalue weighted by molar-refractivity contribution is -0.140. The first-order valence-corrected chi connectivity index (χ1v) is 6.50. The van der Waals surface area contributed by atoms with Gasteiger partial charge in [-0.05, 0) is 18.9 Å². The smallest absolute Gasteiger partial charge is 0.311 e. The Kier molecular flexibility index (Phi) is 2.85. The van der Waals surface area contributed by atoms with Crippen LogP contribution in [-0.2, 0) is 11.8 Å². The first-order chi connectivity index (χ1) is 8.88. The fourth-order valence-electron chi connectivity index (χ4n) is 3.43. The lowest BCUT2D eigenvalue weighted by atomic mass is 9.81. The van der Waals surface area contributed by atoms with E-state index >= 15 is 4.39 Å². The van der Waals surface area contributed by atoms with Crippen LogP contribution in [0.2, 0.25) is 0 Å². The second kappa shape index (κ2) is 4.20. The van der Waals surface area contributed by atoms with Crippen molar-refractivity contribution in [3.63, 3.8) is 0 Å². The van der Waals surface area contributed by atoms with Gasteiger partial charge in [0, 0.05) is 30.5 Å². The van der Waals surface area contributed by atoms with E-state index in [1.165, 1.54) is 18.2 Å². The molecule has 0 aromatic heterocycles. The van der Waals surface area contributed by atoms with Crippen LogP contribution in [0.4, 0.5) is 17.6 Å². The van der Waals surface area contributed by atoms with E-state index in [1.807, 2.05) is 0 Å². The molecule has 2 saturated heterocycles. The molecule has 19 heavy (non-hydrogen) atoms. The minimum absolute atomic E-state index is 0.00467.